The molecule has 3 N–H and O–H groups in total. The Kier molecular flexibility index (Phi) is 6.38. The van der Waals surface area contributed by atoms with Crippen molar-refractivity contribution in [3.05, 3.63) is 22.4 Å². The highest BCUT2D eigenvalue weighted by Crippen LogP contribution is 2.27. The Morgan fingerprint density at radius 1 is 1.35 bits per heavy atom. The van der Waals surface area contributed by atoms with E-state index in [9.17, 15) is 12.8 Å². The first-order valence-electron chi connectivity index (χ1n) is 6.12. The van der Waals surface area contributed by atoms with Crippen LogP contribution >= 0.6 is 15.9 Å². The summed E-state index contributed by atoms with van der Waals surface area (Å²) in [7, 11) is -2.52. The smallest absolute Gasteiger partial charge is 0.245 e. The molecular weight excluding hydrogens is 351 g/mol. The summed E-state index contributed by atoms with van der Waals surface area (Å²) in [6.45, 7) is 0.335. The molecule has 0 amide bonds. The van der Waals surface area contributed by atoms with Gasteiger partial charge in [-0.05, 0) is 47.3 Å². The van der Waals surface area contributed by atoms with E-state index in [1.54, 1.807) is 0 Å². The van der Waals surface area contributed by atoms with Crippen LogP contribution < -0.4 is 5.73 Å². The van der Waals surface area contributed by atoms with Gasteiger partial charge in [-0.3, -0.25) is 0 Å². The van der Waals surface area contributed by atoms with Crippen molar-refractivity contribution in [1.82, 2.24) is 4.31 Å². The SMILES string of the molecule is CN(CCCCCO)S(=O)(=O)c1cc(N)cc(Br)c1F. The summed E-state index contributed by atoms with van der Waals surface area (Å²) in [5.74, 6) is -0.846. The molecule has 0 saturated carbocycles. The second-order valence-electron chi connectivity index (χ2n) is 4.43. The second-order valence-corrected chi connectivity index (χ2v) is 7.29. The van der Waals surface area contributed by atoms with E-state index in [0.29, 0.717) is 19.3 Å². The van der Waals surface area contributed by atoms with E-state index in [2.05, 4.69) is 15.9 Å². The summed E-state index contributed by atoms with van der Waals surface area (Å²) in [6, 6.07) is 2.43. The first-order valence-corrected chi connectivity index (χ1v) is 8.35. The minimum absolute atomic E-state index is 0.0183. The van der Waals surface area contributed by atoms with E-state index in [0.717, 1.165) is 10.4 Å². The number of sulfonamides is 1. The Balaban J connectivity index is 2.93. The number of nitrogens with zero attached hydrogens (tertiary/aromatic N) is 1. The molecule has 0 spiro atoms. The van der Waals surface area contributed by atoms with Gasteiger partial charge in [-0.25, -0.2) is 17.1 Å². The van der Waals surface area contributed by atoms with Crippen molar-refractivity contribution in [2.75, 3.05) is 25.9 Å². The molecule has 1 aromatic carbocycles. The van der Waals surface area contributed by atoms with Gasteiger partial charge in [0.25, 0.3) is 0 Å². The number of rotatable bonds is 7. The molecule has 1 aromatic rings. The molecule has 0 aliphatic rings. The molecule has 0 bridgehead atoms. The van der Waals surface area contributed by atoms with Gasteiger partial charge in [-0.15, -0.1) is 0 Å². The highest BCUT2D eigenvalue weighted by Gasteiger charge is 2.26. The van der Waals surface area contributed by atoms with Crippen molar-refractivity contribution in [1.29, 1.82) is 0 Å². The van der Waals surface area contributed by atoms with E-state index < -0.39 is 20.7 Å². The average molecular weight is 369 g/mol. The van der Waals surface area contributed by atoms with Gasteiger partial charge in [0.2, 0.25) is 10.0 Å². The topological polar surface area (TPSA) is 83.6 Å². The lowest BCUT2D eigenvalue weighted by Crippen LogP contribution is -2.29. The number of anilines is 1. The van der Waals surface area contributed by atoms with Crippen LogP contribution in [0, 0.1) is 5.82 Å². The quantitative estimate of drug-likeness (QED) is 0.569. The maximum atomic E-state index is 13.9. The molecule has 0 fully saturated rings. The third-order valence-corrected chi connectivity index (χ3v) is 5.27. The van der Waals surface area contributed by atoms with Crippen LogP contribution in [0.2, 0.25) is 0 Å². The van der Waals surface area contributed by atoms with E-state index in [1.807, 2.05) is 0 Å². The number of nitrogen functional groups attached to an aromatic ring is 1. The summed E-state index contributed by atoms with van der Waals surface area (Å²) >= 11 is 2.95. The number of aliphatic hydroxyl groups is 1. The zero-order valence-electron chi connectivity index (χ0n) is 11.1. The Labute approximate surface area is 126 Å². The van der Waals surface area contributed by atoms with Crippen molar-refractivity contribution in [2.24, 2.45) is 0 Å². The summed E-state index contributed by atoms with van der Waals surface area (Å²) in [4.78, 5) is -0.436. The fourth-order valence-electron chi connectivity index (χ4n) is 1.68. The van der Waals surface area contributed by atoms with Gasteiger partial charge >= 0.3 is 0 Å². The molecule has 0 aromatic heterocycles. The van der Waals surface area contributed by atoms with Gasteiger partial charge in [0.15, 0.2) is 5.82 Å². The van der Waals surface area contributed by atoms with Crippen LogP contribution in [0.15, 0.2) is 21.5 Å². The summed E-state index contributed by atoms with van der Waals surface area (Å²) in [5, 5.41) is 8.67. The lowest BCUT2D eigenvalue weighted by Gasteiger charge is -2.18. The summed E-state index contributed by atoms with van der Waals surface area (Å²) in [6.07, 6.45) is 1.92. The van der Waals surface area contributed by atoms with E-state index in [-0.39, 0.29) is 23.3 Å². The van der Waals surface area contributed by atoms with Crippen molar-refractivity contribution >= 4 is 31.6 Å². The molecular formula is C12H18BrFN2O3S. The Bertz CT molecular complexity index is 566. The van der Waals surface area contributed by atoms with E-state index in [4.69, 9.17) is 10.8 Å². The summed E-state index contributed by atoms with van der Waals surface area (Å²) in [5.41, 5.74) is 5.73. The number of halogens is 2. The van der Waals surface area contributed by atoms with Crippen LogP contribution in [-0.2, 0) is 10.0 Å². The molecule has 0 aliphatic heterocycles. The number of aliphatic hydroxyl groups excluding tert-OH is 1. The maximum absolute atomic E-state index is 13.9. The fourth-order valence-corrected chi connectivity index (χ4v) is 3.62. The van der Waals surface area contributed by atoms with E-state index >= 15 is 0 Å². The molecule has 1 rings (SSSR count). The molecule has 0 radical (unpaired) electrons. The van der Waals surface area contributed by atoms with Crippen molar-refractivity contribution in [3.8, 4) is 0 Å². The molecule has 114 valence electrons. The Morgan fingerprint density at radius 3 is 2.60 bits per heavy atom. The van der Waals surface area contributed by atoms with Gasteiger partial charge in [0.05, 0.1) is 4.47 Å². The molecule has 0 saturated heterocycles. The van der Waals surface area contributed by atoms with Crippen LogP contribution in [0.3, 0.4) is 0 Å². The van der Waals surface area contributed by atoms with Crippen LogP contribution in [0.25, 0.3) is 0 Å². The average Bonchev–Trinajstić information content (AvgIpc) is 2.38. The number of benzene rings is 1. The Hall–Kier alpha value is -0.700. The number of nitrogens with two attached hydrogens (primary N) is 1. The molecule has 0 unspecified atom stereocenters. The first kappa shape index (κ1) is 17.4. The highest BCUT2D eigenvalue weighted by atomic mass is 79.9. The van der Waals surface area contributed by atoms with Gasteiger partial charge in [-0.1, -0.05) is 0 Å². The van der Waals surface area contributed by atoms with Gasteiger partial charge in [0, 0.05) is 25.9 Å². The van der Waals surface area contributed by atoms with Crippen LogP contribution in [0.1, 0.15) is 19.3 Å². The van der Waals surface area contributed by atoms with Crippen LogP contribution in [0.5, 0.6) is 0 Å². The lowest BCUT2D eigenvalue weighted by atomic mass is 10.2. The Morgan fingerprint density at radius 2 is 2.00 bits per heavy atom. The molecule has 5 nitrogen and oxygen atoms in total. The molecule has 0 heterocycles. The minimum atomic E-state index is -3.92. The summed E-state index contributed by atoms with van der Waals surface area (Å²) < 4.78 is 39.6. The first-order chi connectivity index (χ1) is 9.30. The van der Waals surface area contributed by atoms with Crippen LogP contribution in [-0.4, -0.2) is 38.0 Å². The van der Waals surface area contributed by atoms with Gasteiger partial charge in [0.1, 0.15) is 4.90 Å². The lowest BCUT2D eigenvalue weighted by molar-refractivity contribution is 0.281. The molecule has 0 aliphatic carbocycles. The predicted octanol–water partition coefficient (Wildman–Crippen LogP) is 1.95. The zero-order chi connectivity index (χ0) is 15.3. The normalized spacial score (nSPS) is 12.1. The second kappa shape index (κ2) is 7.35. The molecule has 8 heteroatoms. The molecule has 20 heavy (non-hydrogen) atoms. The largest absolute Gasteiger partial charge is 0.399 e. The predicted molar refractivity (Wildman–Crippen MR) is 79.3 cm³/mol. The number of hydrogen-bond acceptors (Lipinski definition) is 4. The van der Waals surface area contributed by atoms with Gasteiger partial charge < -0.3 is 10.8 Å². The molecule has 0 atom stereocenters. The number of hydrogen-bond donors (Lipinski definition) is 2. The maximum Gasteiger partial charge on any atom is 0.245 e. The third kappa shape index (κ3) is 4.15. The zero-order valence-corrected chi connectivity index (χ0v) is 13.5. The van der Waals surface area contributed by atoms with Crippen molar-refractivity contribution in [3.63, 3.8) is 0 Å². The van der Waals surface area contributed by atoms with E-state index in [1.165, 1.54) is 13.1 Å². The standard InChI is InChI=1S/C12H18BrFN2O3S/c1-16(5-3-2-4-6-17)20(18,19)11-8-9(15)7-10(13)12(11)14/h7-8,17H,2-6,15H2,1H3. The number of unbranched alkanes of at least 4 members (excludes halogenated alkanes) is 2. The third-order valence-electron chi connectivity index (χ3n) is 2.84. The fraction of sp³-hybridized carbons (Fsp3) is 0.500. The van der Waals surface area contributed by atoms with Gasteiger partial charge in [-0.2, -0.15) is 0 Å². The monoisotopic (exact) mass is 368 g/mol. The van der Waals surface area contributed by atoms with Crippen molar-refractivity contribution in [2.45, 2.75) is 24.2 Å². The van der Waals surface area contributed by atoms with Crippen LogP contribution in [0.4, 0.5) is 10.1 Å². The minimum Gasteiger partial charge on any atom is -0.399 e. The van der Waals surface area contributed by atoms with Crippen molar-refractivity contribution < 1.29 is 17.9 Å². The highest BCUT2D eigenvalue weighted by molar-refractivity contribution is 9.10.